The van der Waals surface area contributed by atoms with Crippen LogP contribution < -0.4 is 10.6 Å². The third-order valence-electron chi connectivity index (χ3n) is 4.61. The van der Waals surface area contributed by atoms with Crippen molar-refractivity contribution in [2.45, 2.75) is 50.6 Å². The van der Waals surface area contributed by atoms with Crippen LogP contribution in [0.3, 0.4) is 0 Å². The molecule has 1 atom stereocenters. The highest BCUT2D eigenvalue weighted by Crippen LogP contribution is 2.29. The van der Waals surface area contributed by atoms with Crippen LogP contribution in [0.15, 0.2) is 0 Å². The number of amides is 1. The highest BCUT2D eigenvalue weighted by atomic mass is 16.2. The monoisotopic (exact) mass is 251 g/mol. The van der Waals surface area contributed by atoms with E-state index in [2.05, 4.69) is 15.5 Å². The van der Waals surface area contributed by atoms with E-state index in [-0.39, 0.29) is 11.8 Å². The summed E-state index contributed by atoms with van der Waals surface area (Å²) in [6.07, 6.45) is 7.26. The number of carbonyl (C=O) groups is 1. The molecule has 2 N–H and O–H groups in total. The van der Waals surface area contributed by atoms with Gasteiger partial charge in [-0.25, -0.2) is 0 Å². The Kier molecular flexibility index (Phi) is 3.85. The van der Waals surface area contributed by atoms with Crippen molar-refractivity contribution in [2.24, 2.45) is 5.92 Å². The van der Waals surface area contributed by atoms with E-state index < -0.39 is 0 Å². The lowest BCUT2D eigenvalue weighted by Crippen LogP contribution is -2.49. The van der Waals surface area contributed by atoms with Crippen molar-refractivity contribution in [3.8, 4) is 0 Å². The van der Waals surface area contributed by atoms with Gasteiger partial charge in [0.15, 0.2) is 0 Å². The zero-order chi connectivity index (χ0) is 12.4. The first-order valence-electron chi connectivity index (χ1n) is 7.58. The molecule has 4 nitrogen and oxygen atoms in total. The molecule has 2 aliphatic heterocycles. The summed E-state index contributed by atoms with van der Waals surface area (Å²) in [4.78, 5) is 14.7. The van der Waals surface area contributed by atoms with Gasteiger partial charge in [0.25, 0.3) is 0 Å². The van der Waals surface area contributed by atoms with E-state index in [1.54, 1.807) is 0 Å². The molecule has 0 bridgehead atoms. The smallest absolute Gasteiger partial charge is 0.224 e. The summed E-state index contributed by atoms with van der Waals surface area (Å²) in [5.41, 5.74) is 0. The van der Waals surface area contributed by atoms with Crippen molar-refractivity contribution in [3.63, 3.8) is 0 Å². The van der Waals surface area contributed by atoms with Gasteiger partial charge in [-0.1, -0.05) is 0 Å². The standard InChI is InChI=1S/C14H25N3O/c18-14(11-2-1-7-15-10-11)16-12-5-8-17(9-6-12)13-3-4-13/h11-13,15H,1-10H2,(H,16,18)/t11-/m1/s1. The zero-order valence-corrected chi connectivity index (χ0v) is 11.2. The second kappa shape index (κ2) is 5.57. The first-order valence-corrected chi connectivity index (χ1v) is 7.58. The second-order valence-corrected chi connectivity index (χ2v) is 6.09. The molecule has 3 aliphatic rings. The Hall–Kier alpha value is -0.610. The summed E-state index contributed by atoms with van der Waals surface area (Å²) in [6, 6.07) is 1.30. The molecular weight excluding hydrogens is 226 g/mol. The number of nitrogens with one attached hydrogen (secondary N) is 2. The first kappa shape index (κ1) is 12.4. The third kappa shape index (κ3) is 3.04. The second-order valence-electron chi connectivity index (χ2n) is 6.09. The summed E-state index contributed by atoms with van der Waals surface area (Å²) in [6.45, 7) is 4.30. The number of hydrogen-bond donors (Lipinski definition) is 2. The van der Waals surface area contributed by atoms with Crippen LogP contribution in [0.1, 0.15) is 38.5 Å². The van der Waals surface area contributed by atoms with E-state index in [9.17, 15) is 4.79 Å². The van der Waals surface area contributed by atoms with Gasteiger partial charge < -0.3 is 15.5 Å². The summed E-state index contributed by atoms with van der Waals surface area (Å²) in [7, 11) is 0. The minimum absolute atomic E-state index is 0.209. The molecular formula is C14H25N3O. The Bertz CT molecular complexity index is 289. The molecule has 0 aromatic heterocycles. The highest BCUT2D eigenvalue weighted by molar-refractivity contribution is 5.79. The van der Waals surface area contributed by atoms with E-state index >= 15 is 0 Å². The van der Waals surface area contributed by atoms with Gasteiger partial charge in [-0.05, 0) is 45.1 Å². The maximum Gasteiger partial charge on any atom is 0.224 e. The van der Waals surface area contributed by atoms with Crippen molar-refractivity contribution in [1.82, 2.24) is 15.5 Å². The molecule has 4 heteroatoms. The largest absolute Gasteiger partial charge is 0.353 e. The van der Waals surface area contributed by atoms with Gasteiger partial charge in [-0.2, -0.15) is 0 Å². The third-order valence-corrected chi connectivity index (χ3v) is 4.61. The van der Waals surface area contributed by atoms with Crippen molar-refractivity contribution in [1.29, 1.82) is 0 Å². The molecule has 0 radical (unpaired) electrons. The summed E-state index contributed by atoms with van der Waals surface area (Å²) in [5.74, 6) is 0.493. The molecule has 0 aromatic rings. The Balaban J connectivity index is 1.41. The van der Waals surface area contributed by atoms with Crippen LogP contribution >= 0.6 is 0 Å². The van der Waals surface area contributed by atoms with Crippen molar-refractivity contribution >= 4 is 5.91 Å². The molecule has 1 amide bonds. The Morgan fingerprint density at radius 3 is 2.50 bits per heavy atom. The molecule has 0 spiro atoms. The van der Waals surface area contributed by atoms with E-state index in [0.717, 1.165) is 44.8 Å². The molecule has 0 aromatic carbocycles. The molecule has 2 heterocycles. The maximum absolute atomic E-state index is 12.1. The number of nitrogens with zero attached hydrogens (tertiary/aromatic N) is 1. The van der Waals surface area contributed by atoms with Crippen LogP contribution in [0.5, 0.6) is 0 Å². The topological polar surface area (TPSA) is 44.4 Å². The minimum atomic E-state index is 0.209. The lowest BCUT2D eigenvalue weighted by molar-refractivity contribution is -0.126. The number of piperidine rings is 2. The van der Waals surface area contributed by atoms with E-state index in [4.69, 9.17) is 0 Å². The maximum atomic E-state index is 12.1. The lowest BCUT2D eigenvalue weighted by Gasteiger charge is -2.33. The van der Waals surface area contributed by atoms with Gasteiger partial charge in [0.1, 0.15) is 0 Å². The number of rotatable bonds is 3. The molecule has 3 rings (SSSR count). The van der Waals surface area contributed by atoms with Gasteiger partial charge in [0.05, 0.1) is 5.92 Å². The summed E-state index contributed by atoms with van der Waals surface area (Å²) >= 11 is 0. The van der Waals surface area contributed by atoms with Gasteiger partial charge in [-0.15, -0.1) is 0 Å². The first-order chi connectivity index (χ1) is 8.83. The van der Waals surface area contributed by atoms with Crippen molar-refractivity contribution in [3.05, 3.63) is 0 Å². The van der Waals surface area contributed by atoms with Crippen LogP contribution in [0, 0.1) is 5.92 Å². The number of hydrogen-bond acceptors (Lipinski definition) is 3. The Morgan fingerprint density at radius 2 is 1.89 bits per heavy atom. The quantitative estimate of drug-likeness (QED) is 0.777. The van der Waals surface area contributed by atoms with Crippen LogP contribution in [-0.4, -0.2) is 49.1 Å². The van der Waals surface area contributed by atoms with Crippen molar-refractivity contribution < 1.29 is 4.79 Å². The predicted octanol–water partition coefficient (Wildman–Crippen LogP) is 0.729. The van der Waals surface area contributed by atoms with Crippen LogP contribution in [0.25, 0.3) is 0 Å². The fourth-order valence-electron chi connectivity index (χ4n) is 3.24. The molecule has 3 fully saturated rings. The van der Waals surface area contributed by atoms with Gasteiger partial charge >= 0.3 is 0 Å². The SMILES string of the molecule is O=C(NC1CCN(C2CC2)CC1)[C@@H]1CCCNC1. The van der Waals surface area contributed by atoms with Crippen LogP contribution in [0.2, 0.25) is 0 Å². The van der Waals surface area contributed by atoms with Gasteiger partial charge in [0.2, 0.25) is 5.91 Å². The molecule has 2 saturated heterocycles. The summed E-state index contributed by atoms with van der Waals surface area (Å²) in [5, 5.41) is 6.58. The van der Waals surface area contributed by atoms with Crippen LogP contribution in [-0.2, 0) is 4.79 Å². The van der Waals surface area contributed by atoms with Gasteiger partial charge in [0, 0.05) is 31.7 Å². The fraction of sp³-hybridized carbons (Fsp3) is 0.929. The average molecular weight is 251 g/mol. The molecule has 0 unspecified atom stereocenters. The lowest BCUT2D eigenvalue weighted by atomic mass is 9.97. The normalized spacial score (nSPS) is 31.2. The van der Waals surface area contributed by atoms with E-state index in [1.165, 1.54) is 25.9 Å². The minimum Gasteiger partial charge on any atom is -0.353 e. The number of likely N-dealkylation sites (tertiary alicyclic amines) is 1. The van der Waals surface area contributed by atoms with E-state index in [0.29, 0.717) is 6.04 Å². The van der Waals surface area contributed by atoms with Gasteiger partial charge in [-0.3, -0.25) is 4.79 Å². The number of carbonyl (C=O) groups excluding carboxylic acids is 1. The zero-order valence-electron chi connectivity index (χ0n) is 11.2. The molecule has 102 valence electrons. The van der Waals surface area contributed by atoms with Crippen molar-refractivity contribution in [2.75, 3.05) is 26.2 Å². The molecule has 18 heavy (non-hydrogen) atoms. The Labute approximate surface area is 109 Å². The highest BCUT2D eigenvalue weighted by Gasteiger charge is 2.32. The predicted molar refractivity (Wildman–Crippen MR) is 71.4 cm³/mol. The molecule has 1 saturated carbocycles. The average Bonchev–Trinajstić information content (AvgIpc) is 3.25. The Morgan fingerprint density at radius 1 is 1.11 bits per heavy atom. The van der Waals surface area contributed by atoms with E-state index in [1.807, 2.05) is 0 Å². The molecule has 1 aliphatic carbocycles. The summed E-state index contributed by atoms with van der Waals surface area (Å²) < 4.78 is 0. The fourth-order valence-corrected chi connectivity index (χ4v) is 3.24. The van der Waals surface area contributed by atoms with Crippen LogP contribution in [0.4, 0.5) is 0 Å².